The first-order valence-electron chi connectivity index (χ1n) is 11.3. The van der Waals surface area contributed by atoms with Crippen molar-refractivity contribution in [1.29, 1.82) is 0 Å². The number of aromatic amines is 1. The fraction of sp³-hybridized carbons (Fsp3) is 0.286. The van der Waals surface area contributed by atoms with Gasteiger partial charge in [-0.25, -0.2) is 0 Å². The van der Waals surface area contributed by atoms with Crippen LogP contribution in [0.5, 0.6) is 5.75 Å². The highest BCUT2D eigenvalue weighted by Crippen LogP contribution is 2.36. The number of hydrogen-bond acceptors (Lipinski definition) is 2. The monoisotopic (exact) mass is 410 g/mol. The maximum Gasteiger partial charge on any atom is 0.119 e. The van der Waals surface area contributed by atoms with Gasteiger partial charge < -0.3 is 15.0 Å². The predicted octanol–water partition coefficient (Wildman–Crippen LogP) is 5.65. The van der Waals surface area contributed by atoms with E-state index in [-0.39, 0.29) is 0 Å². The van der Waals surface area contributed by atoms with Gasteiger partial charge in [-0.1, -0.05) is 54.6 Å². The number of hydrogen-bond donors (Lipinski definition) is 2. The molecule has 158 valence electrons. The summed E-state index contributed by atoms with van der Waals surface area (Å²) in [7, 11) is 1.76. The molecule has 3 aromatic carbocycles. The van der Waals surface area contributed by atoms with Crippen LogP contribution in [0.25, 0.3) is 10.9 Å². The summed E-state index contributed by atoms with van der Waals surface area (Å²) in [5.74, 6) is 1.40. The van der Waals surface area contributed by atoms with Crippen LogP contribution in [0.2, 0.25) is 0 Å². The fourth-order valence-corrected chi connectivity index (χ4v) is 5.10. The van der Waals surface area contributed by atoms with Crippen LogP contribution < -0.4 is 10.1 Å². The van der Waals surface area contributed by atoms with E-state index in [0.29, 0.717) is 12.0 Å². The van der Waals surface area contributed by atoms with Crippen molar-refractivity contribution >= 4 is 10.9 Å². The number of rotatable bonds is 7. The summed E-state index contributed by atoms with van der Waals surface area (Å²) in [6.45, 7) is 0.983. The van der Waals surface area contributed by atoms with Crippen molar-refractivity contribution in [3.05, 3.63) is 101 Å². The van der Waals surface area contributed by atoms with Gasteiger partial charge in [0.15, 0.2) is 0 Å². The van der Waals surface area contributed by atoms with Gasteiger partial charge in [-0.3, -0.25) is 0 Å². The Kier molecular flexibility index (Phi) is 5.77. The third kappa shape index (κ3) is 4.24. The lowest BCUT2D eigenvalue weighted by atomic mass is 9.76. The predicted molar refractivity (Wildman–Crippen MR) is 128 cm³/mol. The molecule has 0 fully saturated rings. The van der Waals surface area contributed by atoms with Crippen LogP contribution in [-0.4, -0.2) is 24.7 Å². The highest BCUT2D eigenvalue weighted by molar-refractivity contribution is 5.83. The second kappa shape index (κ2) is 8.99. The van der Waals surface area contributed by atoms with Gasteiger partial charge in [0, 0.05) is 29.1 Å². The minimum Gasteiger partial charge on any atom is -0.497 e. The van der Waals surface area contributed by atoms with Crippen molar-refractivity contribution in [2.75, 3.05) is 13.7 Å². The van der Waals surface area contributed by atoms with Gasteiger partial charge in [0.1, 0.15) is 5.75 Å². The van der Waals surface area contributed by atoms with E-state index < -0.39 is 0 Å². The lowest BCUT2D eigenvalue weighted by Crippen LogP contribution is -2.40. The molecule has 0 radical (unpaired) electrons. The van der Waals surface area contributed by atoms with E-state index in [9.17, 15) is 0 Å². The molecule has 3 heteroatoms. The standard InChI is InChI=1S/C28H30N2O/c1-31-23-13-11-21-12-14-28(26(25(21)18-23)17-20-7-3-2-4-8-20)29-16-15-22-19-30-27-10-6-5-9-24(22)27/h2-11,13,18-19,26,28-30H,12,14-17H2,1H3/t26-,28+/m1/s1. The van der Waals surface area contributed by atoms with Crippen molar-refractivity contribution in [3.63, 3.8) is 0 Å². The first kappa shape index (κ1) is 19.9. The normalized spacial score (nSPS) is 18.1. The van der Waals surface area contributed by atoms with Crippen molar-refractivity contribution in [2.45, 2.75) is 37.6 Å². The van der Waals surface area contributed by atoms with Crippen LogP contribution in [0.1, 0.15) is 34.6 Å². The molecule has 0 unspecified atom stereocenters. The number of methoxy groups -OCH3 is 1. The van der Waals surface area contributed by atoms with Gasteiger partial charge in [-0.05, 0) is 72.7 Å². The van der Waals surface area contributed by atoms with E-state index in [1.54, 1.807) is 7.11 Å². The zero-order chi connectivity index (χ0) is 21.0. The summed E-state index contributed by atoms with van der Waals surface area (Å²) in [6.07, 6.45) is 6.53. The van der Waals surface area contributed by atoms with Gasteiger partial charge in [0.25, 0.3) is 0 Å². The summed E-state index contributed by atoms with van der Waals surface area (Å²) in [6, 6.07) is 26.5. The fourth-order valence-electron chi connectivity index (χ4n) is 5.10. The number of H-pyrrole nitrogens is 1. The number of para-hydroxylation sites is 1. The minimum absolute atomic E-state index is 0.448. The highest BCUT2D eigenvalue weighted by atomic mass is 16.5. The molecule has 1 aliphatic rings. The van der Waals surface area contributed by atoms with E-state index in [1.165, 1.54) is 39.6 Å². The number of aryl methyl sites for hydroxylation is 1. The second-order valence-corrected chi connectivity index (χ2v) is 8.57. The highest BCUT2D eigenvalue weighted by Gasteiger charge is 2.29. The van der Waals surface area contributed by atoms with E-state index >= 15 is 0 Å². The van der Waals surface area contributed by atoms with E-state index in [1.807, 2.05) is 0 Å². The van der Waals surface area contributed by atoms with Crippen LogP contribution in [0, 0.1) is 0 Å². The van der Waals surface area contributed by atoms with E-state index in [0.717, 1.165) is 31.6 Å². The molecule has 0 saturated heterocycles. The van der Waals surface area contributed by atoms with Crippen molar-refractivity contribution in [3.8, 4) is 5.75 Å². The van der Waals surface area contributed by atoms with Gasteiger partial charge in [0.2, 0.25) is 0 Å². The molecule has 0 bridgehead atoms. The number of benzene rings is 3. The number of nitrogens with one attached hydrogen (secondary N) is 2. The van der Waals surface area contributed by atoms with Crippen molar-refractivity contribution in [1.82, 2.24) is 10.3 Å². The summed E-state index contributed by atoms with van der Waals surface area (Å²) in [4.78, 5) is 3.40. The van der Waals surface area contributed by atoms with Crippen molar-refractivity contribution in [2.24, 2.45) is 0 Å². The average molecular weight is 411 g/mol. The van der Waals surface area contributed by atoms with Crippen LogP contribution in [-0.2, 0) is 19.3 Å². The van der Waals surface area contributed by atoms with Crippen LogP contribution in [0.4, 0.5) is 0 Å². The molecule has 2 N–H and O–H groups in total. The Morgan fingerprint density at radius 2 is 1.84 bits per heavy atom. The molecular weight excluding hydrogens is 380 g/mol. The van der Waals surface area contributed by atoms with Gasteiger partial charge in [0.05, 0.1) is 7.11 Å². The van der Waals surface area contributed by atoms with Gasteiger partial charge in [-0.15, -0.1) is 0 Å². The molecule has 2 atom stereocenters. The number of ether oxygens (including phenoxy) is 1. The third-order valence-corrected chi connectivity index (χ3v) is 6.74. The first-order chi connectivity index (χ1) is 15.3. The SMILES string of the molecule is COc1ccc2c(c1)[C@@H](Cc1ccccc1)[C@@H](NCCc1c[nH]c3ccccc13)CC2. The number of aromatic nitrogens is 1. The lowest BCUT2D eigenvalue weighted by Gasteiger charge is -2.35. The molecule has 1 aromatic heterocycles. The molecule has 1 heterocycles. The summed E-state index contributed by atoms with van der Waals surface area (Å²) >= 11 is 0. The Balaban J connectivity index is 1.35. The first-order valence-corrected chi connectivity index (χ1v) is 11.3. The Hall–Kier alpha value is -3.04. The Labute approximate surface area is 184 Å². The second-order valence-electron chi connectivity index (χ2n) is 8.57. The summed E-state index contributed by atoms with van der Waals surface area (Å²) in [5, 5.41) is 5.26. The molecule has 4 aromatic rings. The summed E-state index contributed by atoms with van der Waals surface area (Å²) < 4.78 is 5.56. The average Bonchev–Trinajstić information content (AvgIpc) is 3.24. The van der Waals surface area contributed by atoms with Gasteiger partial charge >= 0.3 is 0 Å². The maximum atomic E-state index is 5.56. The maximum absolute atomic E-state index is 5.56. The lowest BCUT2D eigenvalue weighted by molar-refractivity contribution is 0.380. The Morgan fingerprint density at radius 1 is 1.00 bits per heavy atom. The van der Waals surface area contributed by atoms with Crippen LogP contribution in [0.3, 0.4) is 0 Å². The van der Waals surface area contributed by atoms with E-state index in [2.05, 4.69) is 89.3 Å². The van der Waals surface area contributed by atoms with Crippen molar-refractivity contribution < 1.29 is 4.74 Å². The topological polar surface area (TPSA) is 37.0 Å². The minimum atomic E-state index is 0.448. The Morgan fingerprint density at radius 3 is 2.71 bits per heavy atom. The van der Waals surface area contributed by atoms with E-state index in [4.69, 9.17) is 4.74 Å². The number of fused-ring (bicyclic) bond motifs is 2. The smallest absolute Gasteiger partial charge is 0.119 e. The van der Waals surface area contributed by atoms with Crippen LogP contribution >= 0.6 is 0 Å². The molecule has 5 rings (SSSR count). The molecule has 0 aliphatic heterocycles. The zero-order valence-corrected chi connectivity index (χ0v) is 18.1. The summed E-state index contributed by atoms with van der Waals surface area (Å²) in [5.41, 5.74) is 6.92. The molecule has 0 spiro atoms. The third-order valence-electron chi connectivity index (χ3n) is 6.74. The molecule has 3 nitrogen and oxygen atoms in total. The van der Waals surface area contributed by atoms with Gasteiger partial charge in [-0.2, -0.15) is 0 Å². The molecule has 0 amide bonds. The Bertz CT molecular complexity index is 1150. The largest absolute Gasteiger partial charge is 0.497 e. The quantitative estimate of drug-likeness (QED) is 0.413. The van der Waals surface area contributed by atoms with Crippen LogP contribution in [0.15, 0.2) is 79.0 Å². The molecule has 1 aliphatic carbocycles. The zero-order valence-electron chi connectivity index (χ0n) is 18.1. The molecule has 0 saturated carbocycles. The molecular formula is C28H30N2O. The molecule has 31 heavy (non-hydrogen) atoms.